The maximum absolute atomic E-state index is 3.61. The van der Waals surface area contributed by atoms with Gasteiger partial charge in [-0.15, -0.1) is 0 Å². The predicted octanol–water partition coefficient (Wildman–Crippen LogP) is 0.834. The van der Waals surface area contributed by atoms with Crippen LogP contribution in [0.1, 0.15) is 25.7 Å². The van der Waals surface area contributed by atoms with Crippen molar-refractivity contribution < 1.29 is 0 Å². The highest BCUT2D eigenvalue weighted by Crippen LogP contribution is 2.13. The highest BCUT2D eigenvalue weighted by Gasteiger charge is 2.17. The molecule has 0 aliphatic carbocycles. The highest BCUT2D eigenvalue weighted by molar-refractivity contribution is 4.76. The monoisotopic (exact) mass is 154 g/mol. The Morgan fingerprint density at radius 2 is 1.73 bits per heavy atom. The Labute approximate surface area is 69.0 Å². The molecule has 0 aromatic carbocycles. The van der Waals surface area contributed by atoms with Crippen LogP contribution < -0.4 is 5.32 Å². The summed E-state index contributed by atoms with van der Waals surface area (Å²) in [6, 6.07) is 0.845. The number of hydrogen-bond acceptors (Lipinski definition) is 2. The van der Waals surface area contributed by atoms with E-state index in [0.29, 0.717) is 0 Å². The maximum atomic E-state index is 3.61. The van der Waals surface area contributed by atoms with Gasteiger partial charge in [0.25, 0.3) is 0 Å². The largest absolute Gasteiger partial charge is 0.313 e. The standard InChI is InChI=1S/C9H18N2/c1-3-9-4-2-7-11(6-1)8-5-10-9/h9-10H,1-8H2. The van der Waals surface area contributed by atoms with Crippen LogP contribution in [-0.4, -0.2) is 37.1 Å². The third-order valence-corrected chi connectivity index (χ3v) is 2.91. The van der Waals surface area contributed by atoms with Crippen molar-refractivity contribution in [2.75, 3.05) is 26.2 Å². The molecule has 3 rings (SSSR count). The molecule has 0 amide bonds. The zero-order chi connectivity index (χ0) is 7.52. The summed E-state index contributed by atoms with van der Waals surface area (Å²) in [5.41, 5.74) is 0. The maximum Gasteiger partial charge on any atom is 0.0107 e. The second-order valence-electron chi connectivity index (χ2n) is 3.78. The molecule has 3 aliphatic rings. The summed E-state index contributed by atoms with van der Waals surface area (Å²) >= 11 is 0. The van der Waals surface area contributed by atoms with Crippen molar-refractivity contribution in [1.82, 2.24) is 10.2 Å². The minimum atomic E-state index is 0.845. The molecule has 0 unspecified atom stereocenters. The molecule has 3 aliphatic heterocycles. The second-order valence-corrected chi connectivity index (χ2v) is 3.78. The van der Waals surface area contributed by atoms with Crippen LogP contribution in [0.5, 0.6) is 0 Å². The van der Waals surface area contributed by atoms with E-state index < -0.39 is 0 Å². The van der Waals surface area contributed by atoms with Gasteiger partial charge in [0.1, 0.15) is 0 Å². The molecule has 0 aromatic heterocycles. The van der Waals surface area contributed by atoms with Gasteiger partial charge in [-0.2, -0.15) is 0 Å². The van der Waals surface area contributed by atoms with Gasteiger partial charge in [0.2, 0.25) is 0 Å². The molecule has 0 aromatic rings. The van der Waals surface area contributed by atoms with E-state index in [-0.39, 0.29) is 0 Å². The van der Waals surface area contributed by atoms with Gasteiger partial charge < -0.3 is 10.2 Å². The third kappa shape index (κ3) is 1.94. The van der Waals surface area contributed by atoms with Crippen molar-refractivity contribution in [2.24, 2.45) is 0 Å². The number of nitrogens with zero attached hydrogens (tertiary/aromatic N) is 1. The van der Waals surface area contributed by atoms with Crippen LogP contribution in [0.15, 0.2) is 0 Å². The Morgan fingerprint density at radius 3 is 2.45 bits per heavy atom. The first-order valence-corrected chi connectivity index (χ1v) is 4.91. The van der Waals surface area contributed by atoms with Gasteiger partial charge in [-0.05, 0) is 38.8 Å². The first kappa shape index (κ1) is 7.56. The van der Waals surface area contributed by atoms with Gasteiger partial charge in [-0.3, -0.25) is 0 Å². The molecular weight excluding hydrogens is 136 g/mol. The van der Waals surface area contributed by atoms with Crippen LogP contribution in [-0.2, 0) is 0 Å². The lowest BCUT2D eigenvalue weighted by Gasteiger charge is -2.32. The van der Waals surface area contributed by atoms with Crippen molar-refractivity contribution >= 4 is 0 Å². The van der Waals surface area contributed by atoms with E-state index in [1.54, 1.807) is 0 Å². The summed E-state index contributed by atoms with van der Waals surface area (Å²) in [7, 11) is 0. The second kappa shape index (κ2) is 3.55. The molecule has 11 heavy (non-hydrogen) atoms. The van der Waals surface area contributed by atoms with E-state index in [1.807, 2.05) is 0 Å². The summed E-state index contributed by atoms with van der Waals surface area (Å²) in [6.45, 7) is 5.18. The fourth-order valence-corrected chi connectivity index (χ4v) is 2.23. The summed E-state index contributed by atoms with van der Waals surface area (Å²) in [5, 5.41) is 3.61. The Balaban J connectivity index is 1.96. The van der Waals surface area contributed by atoms with E-state index in [0.717, 1.165) is 6.04 Å². The Morgan fingerprint density at radius 1 is 1.00 bits per heavy atom. The smallest absolute Gasteiger partial charge is 0.0107 e. The van der Waals surface area contributed by atoms with Gasteiger partial charge >= 0.3 is 0 Å². The molecule has 64 valence electrons. The van der Waals surface area contributed by atoms with Gasteiger partial charge in [-0.25, -0.2) is 0 Å². The molecule has 3 saturated heterocycles. The average Bonchev–Trinajstić information content (AvgIpc) is 1.80. The molecular formula is C9H18N2. The summed E-state index contributed by atoms with van der Waals surface area (Å²) in [4.78, 5) is 2.60. The quantitative estimate of drug-likeness (QED) is 0.556. The van der Waals surface area contributed by atoms with Crippen molar-refractivity contribution in [3.05, 3.63) is 0 Å². The van der Waals surface area contributed by atoms with Gasteiger partial charge in [-0.1, -0.05) is 0 Å². The number of hydrogen-bond donors (Lipinski definition) is 1. The van der Waals surface area contributed by atoms with Crippen LogP contribution in [0.2, 0.25) is 0 Å². The highest BCUT2D eigenvalue weighted by atomic mass is 15.1. The molecule has 0 atom stereocenters. The van der Waals surface area contributed by atoms with E-state index in [1.165, 1.54) is 51.9 Å². The zero-order valence-corrected chi connectivity index (χ0v) is 7.18. The molecule has 0 radical (unpaired) electrons. The first-order chi connectivity index (χ1) is 5.45. The zero-order valence-electron chi connectivity index (χ0n) is 7.18. The predicted molar refractivity (Wildman–Crippen MR) is 46.7 cm³/mol. The van der Waals surface area contributed by atoms with Crippen LogP contribution >= 0.6 is 0 Å². The third-order valence-electron chi connectivity index (χ3n) is 2.91. The molecule has 0 spiro atoms. The minimum Gasteiger partial charge on any atom is -0.313 e. The van der Waals surface area contributed by atoms with Crippen LogP contribution in [0.3, 0.4) is 0 Å². The van der Waals surface area contributed by atoms with Crippen molar-refractivity contribution in [3.63, 3.8) is 0 Å². The van der Waals surface area contributed by atoms with E-state index in [9.17, 15) is 0 Å². The van der Waals surface area contributed by atoms with Gasteiger partial charge in [0.15, 0.2) is 0 Å². The SMILES string of the molecule is C1CC2CCCN(C1)CCN2. The molecule has 3 fully saturated rings. The fraction of sp³-hybridized carbons (Fsp3) is 1.00. The van der Waals surface area contributed by atoms with Gasteiger partial charge in [0.05, 0.1) is 0 Å². The lowest BCUT2D eigenvalue weighted by molar-refractivity contribution is 0.201. The minimum absolute atomic E-state index is 0.845. The Hall–Kier alpha value is -0.0800. The summed E-state index contributed by atoms with van der Waals surface area (Å²) in [6.07, 6.45) is 5.60. The first-order valence-electron chi connectivity index (χ1n) is 4.91. The van der Waals surface area contributed by atoms with Crippen molar-refractivity contribution in [1.29, 1.82) is 0 Å². The van der Waals surface area contributed by atoms with Gasteiger partial charge in [0, 0.05) is 19.1 Å². The Bertz CT molecular complexity index is 89.0. The van der Waals surface area contributed by atoms with E-state index in [4.69, 9.17) is 0 Å². The number of fused-ring (bicyclic) bond motifs is 6. The van der Waals surface area contributed by atoms with E-state index >= 15 is 0 Å². The fourth-order valence-electron chi connectivity index (χ4n) is 2.23. The van der Waals surface area contributed by atoms with Crippen molar-refractivity contribution in [2.45, 2.75) is 31.7 Å². The lowest BCUT2D eigenvalue weighted by atomic mass is 10.0. The number of rotatable bonds is 0. The molecule has 2 bridgehead atoms. The lowest BCUT2D eigenvalue weighted by Crippen LogP contribution is -2.44. The topological polar surface area (TPSA) is 15.3 Å². The normalized spacial score (nSPS) is 39.3. The van der Waals surface area contributed by atoms with E-state index in [2.05, 4.69) is 10.2 Å². The molecule has 3 heterocycles. The number of nitrogens with one attached hydrogen (secondary N) is 1. The average molecular weight is 154 g/mol. The summed E-state index contributed by atoms with van der Waals surface area (Å²) < 4.78 is 0. The molecule has 2 nitrogen and oxygen atoms in total. The molecule has 2 heteroatoms. The molecule has 1 N–H and O–H groups in total. The van der Waals surface area contributed by atoms with Crippen LogP contribution in [0.25, 0.3) is 0 Å². The Kier molecular flexibility index (Phi) is 2.44. The molecule has 0 saturated carbocycles. The van der Waals surface area contributed by atoms with Crippen LogP contribution in [0, 0.1) is 0 Å². The summed E-state index contributed by atoms with van der Waals surface area (Å²) in [5.74, 6) is 0. The van der Waals surface area contributed by atoms with Crippen molar-refractivity contribution in [3.8, 4) is 0 Å². The van der Waals surface area contributed by atoms with Crippen LogP contribution in [0.4, 0.5) is 0 Å².